The van der Waals surface area contributed by atoms with E-state index >= 15 is 0 Å². The van der Waals surface area contributed by atoms with Gasteiger partial charge in [0.15, 0.2) is 0 Å². The molecule has 0 fully saturated rings. The van der Waals surface area contributed by atoms with Gasteiger partial charge in [-0.1, -0.05) is 6.42 Å². The number of hydrogen-bond donors (Lipinski definition) is 1. The van der Waals surface area contributed by atoms with Crippen LogP contribution in [0, 0.1) is 0 Å². The summed E-state index contributed by atoms with van der Waals surface area (Å²) < 4.78 is 1.87. The molecule has 0 amide bonds. The number of hydrogen-bond acceptors (Lipinski definition) is 3. The highest BCUT2D eigenvalue weighted by Gasteiger charge is 2.20. The molecule has 0 aromatic carbocycles. The van der Waals surface area contributed by atoms with E-state index in [1.54, 1.807) is 17.5 Å². The highest BCUT2D eigenvalue weighted by atomic mass is 32.1. The van der Waals surface area contributed by atoms with E-state index in [0.29, 0.717) is 0 Å². The van der Waals surface area contributed by atoms with Crippen molar-refractivity contribution in [3.05, 3.63) is 39.3 Å². The molecule has 102 valence electrons. The zero-order chi connectivity index (χ0) is 13.2. The second kappa shape index (κ2) is 5.47. The number of rotatable bonds is 3. The Morgan fingerprint density at radius 2 is 2.21 bits per heavy atom. The molecule has 2 aromatic rings. The average Bonchev–Trinajstić information content (AvgIpc) is 3.00. The molecule has 3 nitrogen and oxygen atoms in total. The van der Waals surface area contributed by atoms with Crippen molar-refractivity contribution in [2.75, 3.05) is 0 Å². The van der Waals surface area contributed by atoms with Gasteiger partial charge in [0, 0.05) is 22.5 Å². The number of aromatic nitrogens is 2. The Balaban J connectivity index is 1.90. The minimum absolute atomic E-state index is 0.528. The summed E-state index contributed by atoms with van der Waals surface area (Å²) in [6, 6.07) is 4.13. The summed E-state index contributed by atoms with van der Waals surface area (Å²) in [5.41, 5.74) is 2.36. The molecule has 0 aliphatic heterocycles. The molecule has 3 rings (SSSR count). The lowest BCUT2D eigenvalue weighted by molar-refractivity contribution is 0.211. The van der Waals surface area contributed by atoms with E-state index in [2.05, 4.69) is 11.2 Å². The van der Waals surface area contributed by atoms with Crippen LogP contribution in [0.3, 0.4) is 0 Å². The summed E-state index contributed by atoms with van der Waals surface area (Å²) in [6.45, 7) is 2.84. The summed E-state index contributed by atoms with van der Waals surface area (Å²) >= 11 is 1.78. The maximum absolute atomic E-state index is 10.6. The van der Waals surface area contributed by atoms with Gasteiger partial charge in [0.2, 0.25) is 0 Å². The third-order valence-electron chi connectivity index (χ3n) is 3.86. The molecule has 19 heavy (non-hydrogen) atoms. The molecule has 1 unspecified atom stereocenters. The molecule has 2 heterocycles. The fourth-order valence-corrected chi connectivity index (χ4v) is 4.07. The van der Waals surface area contributed by atoms with Crippen molar-refractivity contribution in [2.24, 2.45) is 0 Å². The molecule has 0 radical (unpaired) electrons. The lowest BCUT2D eigenvalue weighted by Gasteiger charge is -2.10. The van der Waals surface area contributed by atoms with Crippen LogP contribution >= 0.6 is 11.3 Å². The molecule has 2 aromatic heterocycles. The van der Waals surface area contributed by atoms with Gasteiger partial charge in [0.25, 0.3) is 0 Å². The van der Waals surface area contributed by atoms with E-state index in [0.717, 1.165) is 17.1 Å². The van der Waals surface area contributed by atoms with Crippen LogP contribution in [0.4, 0.5) is 0 Å². The molecule has 0 saturated heterocycles. The molecule has 0 spiro atoms. The normalized spacial score (nSPS) is 16.9. The highest BCUT2D eigenvalue weighted by Crippen LogP contribution is 2.34. The van der Waals surface area contributed by atoms with Gasteiger partial charge < -0.3 is 5.11 Å². The van der Waals surface area contributed by atoms with Crippen LogP contribution in [0.25, 0.3) is 0 Å². The van der Waals surface area contributed by atoms with Crippen LogP contribution in [0.5, 0.6) is 0 Å². The number of thiophene rings is 1. The number of aryl methyl sites for hydroxylation is 3. The first-order valence-electron chi connectivity index (χ1n) is 7.11. The fraction of sp³-hybridized carbons (Fsp3) is 0.533. The topological polar surface area (TPSA) is 38.0 Å². The third kappa shape index (κ3) is 2.47. The van der Waals surface area contributed by atoms with Crippen LogP contribution < -0.4 is 0 Å². The Bertz CT molecular complexity index is 535. The average molecular weight is 276 g/mol. The van der Waals surface area contributed by atoms with Gasteiger partial charge in [-0.25, -0.2) is 0 Å². The summed E-state index contributed by atoms with van der Waals surface area (Å²) in [4.78, 5) is 2.55. The lowest BCUT2D eigenvalue weighted by Crippen LogP contribution is -2.07. The monoisotopic (exact) mass is 276 g/mol. The van der Waals surface area contributed by atoms with Crippen LogP contribution in [-0.2, 0) is 19.4 Å². The predicted molar refractivity (Wildman–Crippen MR) is 77.5 cm³/mol. The van der Waals surface area contributed by atoms with E-state index in [9.17, 15) is 5.11 Å². The van der Waals surface area contributed by atoms with Crippen molar-refractivity contribution >= 4 is 11.3 Å². The van der Waals surface area contributed by atoms with Crippen LogP contribution in [0.2, 0.25) is 0 Å². The van der Waals surface area contributed by atoms with Gasteiger partial charge in [0.1, 0.15) is 6.10 Å². The first-order valence-corrected chi connectivity index (χ1v) is 7.92. The largest absolute Gasteiger partial charge is 0.381 e. The van der Waals surface area contributed by atoms with E-state index < -0.39 is 6.10 Å². The van der Waals surface area contributed by atoms with E-state index in [1.165, 1.54) is 42.5 Å². The Morgan fingerprint density at radius 3 is 3.05 bits per heavy atom. The molecule has 0 bridgehead atoms. The smallest absolute Gasteiger partial charge is 0.130 e. The number of nitrogens with zero attached hydrogens (tertiary/aromatic N) is 2. The highest BCUT2D eigenvalue weighted by molar-refractivity contribution is 7.12. The van der Waals surface area contributed by atoms with Crippen molar-refractivity contribution in [2.45, 2.75) is 51.7 Å². The van der Waals surface area contributed by atoms with Gasteiger partial charge in [-0.05, 0) is 50.3 Å². The quantitative estimate of drug-likeness (QED) is 0.873. The van der Waals surface area contributed by atoms with E-state index in [4.69, 9.17) is 0 Å². The maximum Gasteiger partial charge on any atom is 0.130 e. The second-order valence-electron chi connectivity index (χ2n) is 5.13. The molecule has 1 aliphatic carbocycles. The Hall–Kier alpha value is -1.13. The zero-order valence-electron chi connectivity index (χ0n) is 11.3. The first-order chi connectivity index (χ1) is 9.29. The van der Waals surface area contributed by atoms with Gasteiger partial charge in [-0.15, -0.1) is 11.3 Å². The lowest BCUT2D eigenvalue weighted by atomic mass is 10.1. The molecule has 1 aliphatic rings. The number of aliphatic hydroxyl groups is 1. The SMILES string of the molecule is CCn1nccc1C(O)c1cc2c(s1)CCCCC2. The number of aliphatic hydroxyl groups excluding tert-OH is 1. The second-order valence-corrected chi connectivity index (χ2v) is 6.30. The van der Waals surface area contributed by atoms with Crippen LogP contribution in [0.15, 0.2) is 18.3 Å². The zero-order valence-corrected chi connectivity index (χ0v) is 12.1. The maximum atomic E-state index is 10.6. The Kier molecular flexibility index (Phi) is 3.71. The minimum Gasteiger partial charge on any atom is -0.381 e. The Labute approximate surface area is 117 Å². The van der Waals surface area contributed by atoms with E-state index in [-0.39, 0.29) is 0 Å². The molecular weight excluding hydrogens is 256 g/mol. The summed E-state index contributed by atoms with van der Waals surface area (Å²) in [6.07, 6.45) is 7.50. The van der Waals surface area contributed by atoms with Gasteiger partial charge in [0.05, 0.1) is 5.69 Å². The standard InChI is InChI=1S/C15H20N2OS/c1-2-17-12(8-9-16-17)15(18)14-10-11-6-4-3-5-7-13(11)19-14/h8-10,15,18H,2-7H2,1H3. The van der Waals surface area contributed by atoms with E-state index in [1.807, 2.05) is 17.7 Å². The predicted octanol–water partition coefficient (Wildman–Crippen LogP) is 3.32. The van der Waals surface area contributed by atoms with Crippen molar-refractivity contribution in [1.82, 2.24) is 9.78 Å². The summed E-state index contributed by atoms with van der Waals surface area (Å²) in [5.74, 6) is 0. The first kappa shape index (κ1) is 12.9. The molecule has 0 saturated carbocycles. The molecule has 1 N–H and O–H groups in total. The molecular formula is C15H20N2OS. The molecule has 1 atom stereocenters. The summed E-state index contributed by atoms with van der Waals surface area (Å²) in [5, 5.41) is 14.8. The van der Waals surface area contributed by atoms with Gasteiger partial charge in [-0.2, -0.15) is 5.10 Å². The van der Waals surface area contributed by atoms with Crippen LogP contribution in [0.1, 0.15) is 53.3 Å². The number of fused-ring (bicyclic) bond motifs is 1. The van der Waals surface area contributed by atoms with Gasteiger partial charge >= 0.3 is 0 Å². The van der Waals surface area contributed by atoms with Crippen molar-refractivity contribution in [1.29, 1.82) is 0 Å². The van der Waals surface area contributed by atoms with Crippen LogP contribution in [-0.4, -0.2) is 14.9 Å². The Morgan fingerprint density at radius 1 is 1.37 bits per heavy atom. The van der Waals surface area contributed by atoms with Crippen molar-refractivity contribution < 1.29 is 5.11 Å². The minimum atomic E-state index is -0.528. The summed E-state index contributed by atoms with van der Waals surface area (Å²) in [7, 11) is 0. The van der Waals surface area contributed by atoms with Gasteiger partial charge in [-0.3, -0.25) is 4.68 Å². The fourth-order valence-electron chi connectivity index (χ4n) is 2.81. The molecule has 4 heteroatoms. The van der Waals surface area contributed by atoms with Crippen molar-refractivity contribution in [3.8, 4) is 0 Å². The van der Waals surface area contributed by atoms with Crippen molar-refractivity contribution in [3.63, 3.8) is 0 Å². The third-order valence-corrected chi connectivity index (χ3v) is 5.15.